The summed E-state index contributed by atoms with van der Waals surface area (Å²) in [5.74, 6) is -0.642. The van der Waals surface area contributed by atoms with Gasteiger partial charge in [-0.3, -0.25) is 0 Å². The fourth-order valence-corrected chi connectivity index (χ4v) is 2.01. The van der Waals surface area contributed by atoms with Gasteiger partial charge in [0.2, 0.25) is 0 Å². The fraction of sp³-hybridized carbons (Fsp3) is 0.333. The van der Waals surface area contributed by atoms with E-state index in [4.69, 9.17) is 17.3 Å². The number of rotatable bonds is 2. The molecule has 1 atom stereocenters. The lowest BCUT2D eigenvalue weighted by Gasteiger charge is -2.23. The van der Waals surface area contributed by atoms with E-state index in [0.29, 0.717) is 4.47 Å². The lowest BCUT2D eigenvalue weighted by Crippen LogP contribution is -2.32. The Kier molecular flexibility index (Phi) is 3.53. The minimum Gasteiger partial charge on any atom is -0.384 e. The molecule has 0 heterocycles. The molecule has 0 saturated carbocycles. The highest BCUT2D eigenvalue weighted by Gasteiger charge is 2.28. The highest BCUT2D eigenvalue weighted by molar-refractivity contribution is 9.10. The van der Waals surface area contributed by atoms with E-state index in [1.165, 1.54) is 13.0 Å². The largest absolute Gasteiger partial charge is 0.384 e. The summed E-state index contributed by atoms with van der Waals surface area (Å²) in [4.78, 5) is 0. The second-order valence-electron chi connectivity index (χ2n) is 3.20. The minimum absolute atomic E-state index is 0.0306. The second-order valence-corrected chi connectivity index (χ2v) is 4.46. The average molecular weight is 283 g/mol. The molecule has 0 aromatic heterocycles. The first-order valence-corrected chi connectivity index (χ1v) is 5.13. The van der Waals surface area contributed by atoms with Crippen LogP contribution in [-0.4, -0.2) is 11.7 Å². The molecule has 0 amide bonds. The molecule has 0 spiro atoms. The van der Waals surface area contributed by atoms with Gasteiger partial charge in [0.15, 0.2) is 0 Å². The summed E-state index contributed by atoms with van der Waals surface area (Å²) < 4.78 is 14.0. The Bertz CT molecular complexity index is 357. The molecule has 3 N–H and O–H groups in total. The minimum atomic E-state index is -1.42. The summed E-state index contributed by atoms with van der Waals surface area (Å²) in [6, 6.07) is 2.99. The summed E-state index contributed by atoms with van der Waals surface area (Å²) in [6.45, 7) is 1.36. The van der Waals surface area contributed by atoms with E-state index in [0.717, 1.165) is 0 Å². The van der Waals surface area contributed by atoms with Gasteiger partial charge in [-0.25, -0.2) is 4.39 Å². The first-order chi connectivity index (χ1) is 6.40. The van der Waals surface area contributed by atoms with Crippen LogP contribution in [0.15, 0.2) is 16.6 Å². The maximum Gasteiger partial charge on any atom is 0.149 e. The Hall–Kier alpha value is -0.160. The Balaban J connectivity index is 3.40. The zero-order valence-corrected chi connectivity index (χ0v) is 9.86. The van der Waals surface area contributed by atoms with E-state index in [1.807, 2.05) is 0 Å². The van der Waals surface area contributed by atoms with E-state index in [2.05, 4.69) is 15.9 Å². The summed E-state index contributed by atoms with van der Waals surface area (Å²) in [7, 11) is 0. The first-order valence-electron chi connectivity index (χ1n) is 3.96. The predicted molar refractivity (Wildman–Crippen MR) is 57.7 cm³/mol. The first kappa shape index (κ1) is 11.9. The molecule has 14 heavy (non-hydrogen) atoms. The number of nitrogens with two attached hydrogens (primary N) is 1. The third kappa shape index (κ3) is 2.08. The van der Waals surface area contributed by atoms with Crippen LogP contribution in [0.4, 0.5) is 4.39 Å². The molecule has 5 heteroatoms. The molecule has 0 aliphatic rings. The van der Waals surface area contributed by atoms with Gasteiger partial charge in [0, 0.05) is 16.6 Å². The Morgan fingerprint density at radius 1 is 1.64 bits per heavy atom. The van der Waals surface area contributed by atoms with Crippen LogP contribution in [0.5, 0.6) is 0 Å². The number of benzene rings is 1. The topological polar surface area (TPSA) is 46.2 Å². The zero-order chi connectivity index (χ0) is 10.9. The van der Waals surface area contributed by atoms with Gasteiger partial charge in [0.1, 0.15) is 11.4 Å². The van der Waals surface area contributed by atoms with Crippen LogP contribution in [0, 0.1) is 5.82 Å². The molecule has 1 unspecified atom stereocenters. The SMILES string of the molecule is CC(O)(CN)c1c(Br)ccc(Cl)c1F. The normalized spacial score (nSPS) is 15.3. The third-order valence-electron chi connectivity index (χ3n) is 1.98. The van der Waals surface area contributed by atoms with Gasteiger partial charge in [-0.2, -0.15) is 0 Å². The summed E-state index contributed by atoms with van der Waals surface area (Å²) in [6.07, 6.45) is 0. The number of hydrogen-bond donors (Lipinski definition) is 2. The Labute approximate surface area is 95.0 Å². The van der Waals surface area contributed by atoms with E-state index < -0.39 is 11.4 Å². The van der Waals surface area contributed by atoms with Gasteiger partial charge < -0.3 is 10.8 Å². The van der Waals surface area contributed by atoms with E-state index in [-0.39, 0.29) is 17.1 Å². The van der Waals surface area contributed by atoms with Gasteiger partial charge in [0.05, 0.1) is 5.02 Å². The van der Waals surface area contributed by atoms with Gasteiger partial charge in [-0.1, -0.05) is 27.5 Å². The maximum absolute atomic E-state index is 13.6. The van der Waals surface area contributed by atoms with Crippen LogP contribution in [0.25, 0.3) is 0 Å². The van der Waals surface area contributed by atoms with E-state index in [1.54, 1.807) is 6.07 Å². The van der Waals surface area contributed by atoms with Crippen LogP contribution >= 0.6 is 27.5 Å². The second kappa shape index (κ2) is 4.14. The van der Waals surface area contributed by atoms with Crippen LogP contribution in [0.2, 0.25) is 5.02 Å². The van der Waals surface area contributed by atoms with Crippen LogP contribution < -0.4 is 5.73 Å². The standard InChI is InChI=1S/C9H10BrClFNO/c1-9(14,4-13)7-5(10)2-3-6(11)8(7)12/h2-3,14H,4,13H2,1H3. The summed E-state index contributed by atoms with van der Waals surface area (Å²) in [5, 5.41) is 9.80. The van der Waals surface area contributed by atoms with Crippen molar-refractivity contribution in [2.24, 2.45) is 5.73 Å². The lowest BCUT2D eigenvalue weighted by atomic mass is 9.96. The van der Waals surface area contributed by atoms with Crippen molar-refractivity contribution in [1.29, 1.82) is 0 Å². The van der Waals surface area contributed by atoms with Crippen LogP contribution in [0.1, 0.15) is 12.5 Å². The van der Waals surface area contributed by atoms with Crippen molar-refractivity contribution in [2.75, 3.05) is 6.54 Å². The van der Waals surface area contributed by atoms with E-state index in [9.17, 15) is 9.50 Å². The van der Waals surface area contributed by atoms with Crippen molar-refractivity contribution >= 4 is 27.5 Å². The fourth-order valence-electron chi connectivity index (χ4n) is 1.12. The maximum atomic E-state index is 13.6. The van der Waals surface area contributed by atoms with Crippen molar-refractivity contribution in [3.63, 3.8) is 0 Å². The quantitative estimate of drug-likeness (QED) is 0.818. The molecule has 0 aliphatic carbocycles. The molecule has 1 aromatic rings. The van der Waals surface area contributed by atoms with Crippen molar-refractivity contribution in [3.8, 4) is 0 Å². The van der Waals surface area contributed by atoms with Crippen molar-refractivity contribution in [3.05, 3.63) is 33.0 Å². The smallest absolute Gasteiger partial charge is 0.149 e. The molecule has 1 aromatic carbocycles. The van der Waals surface area contributed by atoms with Crippen molar-refractivity contribution < 1.29 is 9.50 Å². The predicted octanol–water partition coefficient (Wildman–Crippen LogP) is 2.41. The van der Waals surface area contributed by atoms with Crippen molar-refractivity contribution in [1.82, 2.24) is 0 Å². The monoisotopic (exact) mass is 281 g/mol. The zero-order valence-electron chi connectivity index (χ0n) is 7.52. The lowest BCUT2D eigenvalue weighted by molar-refractivity contribution is 0.0621. The number of halogens is 3. The molecule has 2 nitrogen and oxygen atoms in total. The van der Waals surface area contributed by atoms with Gasteiger partial charge in [0.25, 0.3) is 0 Å². The van der Waals surface area contributed by atoms with Gasteiger partial charge >= 0.3 is 0 Å². The van der Waals surface area contributed by atoms with Gasteiger partial charge in [-0.15, -0.1) is 0 Å². The van der Waals surface area contributed by atoms with Crippen LogP contribution in [0.3, 0.4) is 0 Å². The molecule has 0 bridgehead atoms. The van der Waals surface area contributed by atoms with Crippen molar-refractivity contribution in [2.45, 2.75) is 12.5 Å². The highest BCUT2D eigenvalue weighted by Crippen LogP contribution is 2.33. The summed E-state index contributed by atoms with van der Waals surface area (Å²) >= 11 is 8.74. The van der Waals surface area contributed by atoms with E-state index >= 15 is 0 Å². The third-order valence-corrected chi connectivity index (χ3v) is 2.93. The Morgan fingerprint density at radius 3 is 2.71 bits per heavy atom. The number of aliphatic hydroxyl groups is 1. The highest BCUT2D eigenvalue weighted by atomic mass is 79.9. The van der Waals surface area contributed by atoms with Gasteiger partial charge in [-0.05, 0) is 19.1 Å². The molecule has 78 valence electrons. The van der Waals surface area contributed by atoms with Crippen LogP contribution in [-0.2, 0) is 5.60 Å². The molecular formula is C9H10BrClFNO. The molecule has 0 fully saturated rings. The molecule has 1 rings (SSSR count). The molecular weight excluding hydrogens is 272 g/mol. The molecule has 0 radical (unpaired) electrons. The summed E-state index contributed by atoms with van der Waals surface area (Å²) in [5.41, 5.74) is 4.01. The Morgan fingerprint density at radius 2 is 2.21 bits per heavy atom. The molecule has 0 saturated heterocycles. The average Bonchev–Trinajstić information content (AvgIpc) is 2.12. The molecule has 0 aliphatic heterocycles. The number of hydrogen-bond acceptors (Lipinski definition) is 2.